The number of para-hydroxylation sites is 1. The van der Waals surface area contributed by atoms with Crippen molar-refractivity contribution in [1.29, 1.82) is 0 Å². The fraction of sp³-hybridized carbons (Fsp3) is 0.500. The van der Waals surface area contributed by atoms with Crippen LogP contribution in [0.4, 0.5) is 5.69 Å². The molecule has 8 nitrogen and oxygen atoms in total. The van der Waals surface area contributed by atoms with Crippen LogP contribution in [0.25, 0.3) is 0 Å². The summed E-state index contributed by atoms with van der Waals surface area (Å²) in [6.45, 7) is 5.85. The minimum atomic E-state index is -0.208. The van der Waals surface area contributed by atoms with Gasteiger partial charge in [0.25, 0.3) is 0 Å². The molecule has 1 fully saturated rings. The van der Waals surface area contributed by atoms with Gasteiger partial charge in [-0.3, -0.25) is 9.59 Å². The van der Waals surface area contributed by atoms with E-state index in [0.29, 0.717) is 18.0 Å². The lowest BCUT2D eigenvalue weighted by atomic mass is 9.89. The second-order valence-corrected chi connectivity index (χ2v) is 7.50. The molecule has 1 aromatic heterocycles. The third-order valence-corrected chi connectivity index (χ3v) is 4.86. The molecule has 2 N–H and O–H groups in total. The maximum absolute atomic E-state index is 12.4. The molecule has 2 amide bonds. The SMILES string of the molecule is CC(=O)N[C@H]1C[C@@H](c2ccccc2NC(=O)Cn2cncn2)O[C@@H](C(C)C)C1. The molecule has 28 heavy (non-hydrogen) atoms. The number of anilines is 1. The van der Waals surface area contributed by atoms with Gasteiger partial charge in [-0.15, -0.1) is 0 Å². The van der Waals surface area contributed by atoms with E-state index in [-0.39, 0.29) is 36.6 Å². The molecular weight excluding hydrogens is 358 g/mol. The fourth-order valence-electron chi connectivity index (χ4n) is 3.53. The number of benzene rings is 1. The Morgan fingerprint density at radius 2 is 2.07 bits per heavy atom. The number of hydrogen-bond donors (Lipinski definition) is 2. The number of ether oxygens (including phenoxy) is 1. The Balaban J connectivity index is 1.77. The van der Waals surface area contributed by atoms with Gasteiger partial charge in [0.2, 0.25) is 11.8 Å². The molecule has 2 aromatic rings. The zero-order chi connectivity index (χ0) is 20.1. The molecule has 0 unspecified atom stereocenters. The van der Waals surface area contributed by atoms with Crippen molar-refractivity contribution >= 4 is 17.5 Å². The summed E-state index contributed by atoms with van der Waals surface area (Å²) in [6, 6.07) is 7.68. The van der Waals surface area contributed by atoms with Gasteiger partial charge in [0.05, 0.1) is 12.2 Å². The van der Waals surface area contributed by atoms with E-state index >= 15 is 0 Å². The number of aromatic nitrogens is 3. The maximum Gasteiger partial charge on any atom is 0.246 e. The Hall–Kier alpha value is -2.74. The second-order valence-electron chi connectivity index (χ2n) is 7.50. The quantitative estimate of drug-likeness (QED) is 0.795. The van der Waals surface area contributed by atoms with Crippen molar-refractivity contribution in [1.82, 2.24) is 20.1 Å². The number of rotatable bonds is 6. The molecular formula is C20H27N5O3. The number of carbonyl (C=O) groups is 2. The number of hydrogen-bond acceptors (Lipinski definition) is 5. The van der Waals surface area contributed by atoms with Crippen LogP contribution in [0.3, 0.4) is 0 Å². The largest absolute Gasteiger partial charge is 0.370 e. The molecule has 8 heteroatoms. The molecule has 1 saturated heterocycles. The molecule has 1 aliphatic rings. The summed E-state index contributed by atoms with van der Waals surface area (Å²) in [5.74, 6) is 0.100. The highest BCUT2D eigenvalue weighted by Crippen LogP contribution is 2.37. The highest BCUT2D eigenvalue weighted by molar-refractivity contribution is 5.91. The van der Waals surface area contributed by atoms with Crippen LogP contribution in [0.2, 0.25) is 0 Å². The molecule has 150 valence electrons. The smallest absolute Gasteiger partial charge is 0.246 e. The molecule has 0 saturated carbocycles. The lowest BCUT2D eigenvalue weighted by Gasteiger charge is -2.38. The third kappa shape index (κ3) is 5.16. The molecule has 0 radical (unpaired) electrons. The minimum Gasteiger partial charge on any atom is -0.370 e. The summed E-state index contributed by atoms with van der Waals surface area (Å²) < 4.78 is 7.81. The maximum atomic E-state index is 12.4. The van der Waals surface area contributed by atoms with Gasteiger partial charge in [-0.2, -0.15) is 5.10 Å². The highest BCUT2D eigenvalue weighted by Gasteiger charge is 2.33. The second kappa shape index (κ2) is 8.97. The first kappa shape index (κ1) is 20.0. The number of amides is 2. The lowest BCUT2D eigenvalue weighted by Crippen LogP contribution is -2.43. The summed E-state index contributed by atoms with van der Waals surface area (Å²) in [5.41, 5.74) is 1.62. The van der Waals surface area contributed by atoms with Crippen LogP contribution >= 0.6 is 0 Å². The van der Waals surface area contributed by atoms with Gasteiger partial charge < -0.3 is 15.4 Å². The van der Waals surface area contributed by atoms with Gasteiger partial charge in [0.15, 0.2) is 0 Å². The third-order valence-electron chi connectivity index (χ3n) is 4.86. The standard InChI is InChI=1S/C20H27N5O3/c1-13(2)18-8-15(23-14(3)26)9-19(28-18)16-6-4-5-7-17(16)24-20(27)10-25-12-21-11-22-25/h4-7,11-13,15,18-19H,8-10H2,1-3H3,(H,23,26)(H,24,27)/t15-,18-,19+/m1/s1. The van der Waals surface area contributed by atoms with Crippen LogP contribution in [0.5, 0.6) is 0 Å². The Morgan fingerprint density at radius 3 is 2.75 bits per heavy atom. The number of nitrogens with one attached hydrogen (secondary N) is 2. The summed E-state index contributed by atoms with van der Waals surface area (Å²) >= 11 is 0. The molecule has 3 rings (SSSR count). The van der Waals surface area contributed by atoms with E-state index in [1.54, 1.807) is 0 Å². The Bertz CT molecular complexity index is 806. The van der Waals surface area contributed by atoms with Crippen molar-refractivity contribution in [3.05, 3.63) is 42.5 Å². The Labute approximate surface area is 164 Å². The number of nitrogens with zero attached hydrogens (tertiary/aromatic N) is 3. The van der Waals surface area contributed by atoms with E-state index in [4.69, 9.17) is 4.74 Å². The van der Waals surface area contributed by atoms with Crippen LogP contribution in [0, 0.1) is 5.92 Å². The van der Waals surface area contributed by atoms with Gasteiger partial charge in [0, 0.05) is 24.2 Å². The summed E-state index contributed by atoms with van der Waals surface area (Å²) in [6.07, 6.45) is 4.18. The first-order chi connectivity index (χ1) is 13.4. The predicted molar refractivity (Wildman–Crippen MR) is 104 cm³/mol. The minimum absolute atomic E-state index is 0.0366. The van der Waals surface area contributed by atoms with Crippen LogP contribution in [0.1, 0.15) is 45.3 Å². The highest BCUT2D eigenvalue weighted by atomic mass is 16.5. The van der Waals surface area contributed by atoms with Crippen LogP contribution in [-0.4, -0.2) is 38.7 Å². The molecule has 0 spiro atoms. The summed E-state index contributed by atoms with van der Waals surface area (Å²) in [5, 5.41) is 9.94. The van der Waals surface area contributed by atoms with E-state index in [1.165, 1.54) is 24.3 Å². The average Bonchev–Trinajstić information content (AvgIpc) is 3.14. The fourth-order valence-corrected chi connectivity index (χ4v) is 3.53. The van der Waals surface area contributed by atoms with Crippen molar-refractivity contribution in [3.63, 3.8) is 0 Å². The van der Waals surface area contributed by atoms with Crippen molar-refractivity contribution in [3.8, 4) is 0 Å². The van der Waals surface area contributed by atoms with Gasteiger partial charge in [-0.05, 0) is 24.8 Å². The van der Waals surface area contributed by atoms with E-state index in [1.807, 2.05) is 24.3 Å². The topological polar surface area (TPSA) is 98.1 Å². The molecule has 1 aromatic carbocycles. The lowest BCUT2D eigenvalue weighted by molar-refractivity contribution is -0.123. The zero-order valence-corrected chi connectivity index (χ0v) is 16.5. The van der Waals surface area contributed by atoms with Crippen molar-refractivity contribution < 1.29 is 14.3 Å². The van der Waals surface area contributed by atoms with Gasteiger partial charge in [-0.25, -0.2) is 9.67 Å². The average molecular weight is 385 g/mol. The Kier molecular flexibility index (Phi) is 6.41. The first-order valence-electron chi connectivity index (χ1n) is 9.56. The monoisotopic (exact) mass is 385 g/mol. The Morgan fingerprint density at radius 1 is 1.29 bits per heavy atom. The summed E-state index contributed by atoms with van der Waals surface area (Å²) in [7, 11) is 0. The van der Waals surface area contributed by atoms with Gasteiger partial charge in [0.1, 0.15) is 19.2 Å². The number of carbonyl (C=O) groups excluding carboxylic acids is 2. The van der Waals surface area contributed by atoms with E-state index < -0.39 is 0 Å². The van der Waals surface area contributed by atoms with Crippen molar-refractivity contribution in [2.45, 2.75) is 58.4 Å². The van der Waals surface area contributed by atoms with Crippen molar-refractivity contribution in [2.75, 3.05) is 5.32 Å². The predicted octanol–water partition coefficient (Wildman–Crippen LogP) is 2.30. The summed E-state index contributed by atoms with van der Waals surface area (Å²) in [4.78, 5) is 27.8. The van der Waals surface area contributed by atoms with Crippen LogP contribution in [0.15, 0.2) is 36.9 Å². The van der Waals surface area contributed by atoms with Crippen LogP contribution < -0.4 is 10.6 Å². The molecule has 0 bridgehead atoms. The van der Waals surface area contributed by atoms with E-state index in [9.17, 15) is 9.59 Å². The van der Waals surface area contributed by atoms with Crippen LogP contribution in [-0.2, 0) is 20.9 Å². The van der Waals surface area contributed by atoms with E-state index in [2.05, 4.69) is 34.6 Å². The molecule has 0 aliphatic carbocycles. The molecule has 1 aliphatic heterocycles. The molecule has 3 atom stereocenters. The van der Waals surface area contributed by atoms with Gasteiger partial charge >= 0.3 is 0 Å². The van der Waals surface area contributed by atoms with Crippen molar-refractivity contribution in [2.24, 2.45) is 5.92 Å². The zero-order valence-electron chi connectivity index (χ0n) is 16.5. The molecule has 2 heterocycles. The van der Waals surface area contributed by atoms with E-state index in [0.717, 1.165) is 12.0 Å². The normalized spacial score (nSPS) is 22.1. The van der Waals surface area contributed by atoms with Gasteiger partial charge in [-0.1, -0.05) is 32.0 Å². The first-order valence-corrected chi connectivity index (χ1v) is 9.56.